The maximum atomic E-state index is 13.0. The van der Waals surface area contributed by atoms with Crippen LogP contribution in [0.1, 0.15) is 18.0 Å². The molecule has 1 atom stereocenters. The van der Waals surface area contributed by atoms with Crippen LogP contribution in [0.3, 0.4) is 0 Å². The number of halogens is 5. The molecule has 0 aliphatic heterocycles. The van der Waals surface area contributed by atoms with Crippen molar-refractivity contribution in [3.8, 4) is 0 Å². The lowest BCUT2D eigenvalue weighted by molar-refractivity contribution is 0.128. The van der Waals surface area contributed by atoms with Gasteiger partial charge in [0.2, 0.25) is 6.43 Å². The molecule has 0 saturated carbocycles. The summed E-state index contributed by atoms with van der Waals surface area (Å²) in [4.78, 5) is 0. The molecule has 0 unspecified atom stereocenters. The fourth-order valence-corrected chi connectivity index (χ4v) is 1.68. The highest BCUT2D eigenvalue weighted by Gasteiger charge is 2.16. The minimum atomic E-state index is -2.49. The van der Waals surface area contributed by atoms with Gasteiger partial charge in [0.15, 0.2) is 0 Å². The second-order valence-electron chi connectivity index (χ2n) is 2.88. The summed E-state index contributed by atoms with van der Waals surface area (Å²) in [5.41, 5.74) is 5.86. The summed E-state index contributed by atoms with van der Waals surface area (Å²) >= 11 is 2.97. The molecule has 0 aromatic heterocycles. The molecule has 0 spiro atoms. The lowest BCUT2D eigenvalue weighted by atomic mass is 10.1. The Morgan fingerprint density at radius 2 is 1.93 bits per heavy atom. The molecule has 0 aliphatic carbocycles. The SMILES string of the molecule is Cl.N[C@H](CC(F)F)c1cccc(F)c1Br. The second kappa shape index (κ2) is 6.35. The first-order chi connectivity index (χ1) is 6.52. The molecule has 1 aromatic rings. The topological polar surface area (TPSA) is 26.0 Å². The van der Waals surface area contributed by atoms with E-state index >= 15 is 0 Å². The van der Waals surface area contributed by atoms with Gasteiger partial charge in [0.05, 0.1) is 4.47 Å². The lowest BCUT2D eigenvalue weighted by Gasteiger charge is -2.13. The molecule has 2 N–H and O–H groups in total. The van der Waals surface area contributed by atoms with Gasteiger partial charge >= 0.3 is 0 Å². The fourth-order valence-electron chi connectivity index (χ4n) is 1.13. The molecule has 1 nitrogen and oxygen atoms in total. The molecular formula is C9H10BrClF3N. The van der Waals surface area contributed by atoms with Crippen molar-refractivity contribution in [2.45, 2.75) is 18.9 Å². The minimum absolute atomic E-state index is 0. The first kappa shape index (κ1) is 14.7. The van der Waals surface area contributed by atoms with Crippen molar-refractivity contribution in [1.82, 2.24) is 0 Å². The van der Waals surface area contributed by atoms with Gasteiger partial charge in [0.25, 0.3) is 0 Å². The summed E-state index contributed by atoms with van der Waals surface area (Å²) in [5.74, 6) is -0.493. The Morgan fingerprint density at radius 1 is 1.33 bits per heavy atom. The molecule has 0 aliphatic rings. The molecule has 15 heavy (non-hydrogen) atoms. The third-order valence-corrected chi connectivity index (χ3v) is 2.65. The van der Waals surface area contributed by atoms with Crippen molar-refractivity contribution >= 4 is 28.3 Å². The minimum Gasteiger partial charge on any atom is -0.324 e. The van der Waals surface area contributed by atoms with E-state index in [0.29, 0.717) is 5.56 Å². The van der Waals surface area contributed by atoms with Gasteiger partial charge in [-0.2, -0.15) is 0 Å². The number of hydrogen-bond donors (Lipinski definition) is 1. The maximum Gasteiger partial charge on any atom is 0.240 e. The Bertz CT molecular complexity index is 322. The largest absolute Gasteiger partial charge is 0.324 e. The Hall–Kier alpha value is -0.260. The summed E-state index contributed by atoms with van der Waals surface area (Å²) in [7, 11) is 0. The van der Waals surface area contributed by atoms with Crippen molar-refractivity contribution in [2.24, 2.45) is 5.73 Å². The normalized spacial score (nSPS) is 12.4. The maximum absolute atomic E-state index is 13.0. The molecule has 0 bridgehead atoms. The monoisotopic (exact) mass is 303 g/mol. The van der Waals surface area contributed by atoms with E-state index < -0.39 is 24.7 Å². The van der Waals surface area contributed by atoms with Crippen LogP contribution in [0.25, 0.3) is 0 Å². The standard InChI is InChI=1S/C9H9BrF3N.ClH/c10-9-5(2-1-3-6(9)11)7(14)4-8(12)13;/h1-3,7-8H,4,14H2;1H/t7-;/m1./s1. The second-order valence-corrected chi connectivity index (χ2v) is 3.67. The molecule has 1 rings (SSSR count). The van der Waals surface area contributed by atoms with Crippen molar-refractivity contribution in [1.29, 1.82) is 0 Å². The molecule has 0 amide bonds. The highest BCUT2D eigenvalue weighted by atomic mass is 79.9. The summed E-state index contributed by atoms with van der Waals surface area (Å²) in [6, 6.07) is 3.36. The van der Waals surface area contributed by atoms with Gasteiger partial charge in [0.1, 0.15) is 5.82 Å². The van der Waals surface area contributed by atoms with Crippen LogP contribution in [-0.2, 0) is 0 Å². The first-order valence-electron chi connectivity index (χ1n) is 4.00. The number of hydrogen-bond acceptors (Lipinski definition) is 1. The lowest BCUT2D eigenvalue weighted by Crippen LogP contribution is -2.14. The molecule has 1 aromatic carbocycles. The van der Waals surface area contributed by atoms with Crippen LogP contribution in [0.15, 0.2) is 22.7 Å². The van der Waals surface area contributed by atoms with E-state index in [2.05, 4.69) is 15.9 Å². The Kier molecular flexibility index (Phi) is 6.24. The van der Waals surface area contributed by atoms with Gasteiger partial charge < -0.3 is 5.73 Å². The molecule has 0 fully saturated rings. The van der Waals surface area contributed by atoms with Crippen molar-refractivity contribution in [3.63, 3.8) is 0 Å². The van der Waals surface area contributed by atoms with Gasteiger partial charge in [-0.3, -0.25) is 0 Å². The fraction of sp³-hybridized carbons (Fsp3) is 0.333. The van der Waals surface area contributed by atoms with Crippen molar-refractivity contribution in [3.05, 3.63) is 34.1 Å². The van der Waals surface area contributed by atoms with Crippen LogP contribution in [0.5, 0.6) is 0 Å². The zero-order valence-electron chi connectivity index (χ0n) is 7.59. The predicted octanol–water partition coefficient (Wildman–Crippen LogP) is 3.67. The first-order valence-corrected chi connectivity index (χ1v) is 4.79. The van der Waals surface area contributed by atoms with Crippen LogP contribution >= 0.6 is 28.3 Å². The van der Waals surface area contributed by atoms with Gasteiger partial charge in [-0.25, -0.2) is 13.2 Å². The summed E-state index contributed by atoms with van der Waals surface area (Å²) < 4.78 is 37.2. The van der Waals surface area contributed by atoms with E-state index in [1.165, 1.54) is 18.2 Å². The van der Waals surface area contributed by atoms with E-state index in [1.54, 1.807) is 0 Å². The number of alkyl halides is 2. The molecule has 0 saturated heterocycles. The van der Waals surface area contributed by atoms with Crippen molar-refractivity contribution < 1.29 is 13.2 Å². The van der Waals surface area contributed by atoms with Crippen molar-refractivity contribution in [2.75, 3.05) is 0 Å². The Labute approximate surface area is 100 Å². The van der Waals surface area contributed by atoms with Crippen LogP contribution in [-0.4, -0.2) is 6.43 Å². The third kappa shape index (κ3) is 4.01. The van der Waals surface area contributed by atoms with Crippen LogP contribution in [0.4, 0.5) is 13.2 Å². The summed E-state index contributed by atoms with van der Waals surface area (Å²) in [5, 5.41) is 0. The molecular weight excluding hydrogens is 294 g/mol. The predicted molar refractivity (Wildman–Crippen MR) is 58.9 cm³/mol. The zero-order chi connectivity index (χ0) is 10.7. The van der Waals surface area contributed by atoms with E-state index in [0.717, 1.165) is 0 Å². The number of benzene rings is 1. The smallest absolute Gasteiger partial charge is 0.240 e. The Balaban J connectivity index is 0.00000196. The molecule has 6 heteroatoms. The Morgan fingerprint density at radius 3 is 2.47 bits per heavy atom. The number of nitrogens with two attached hydrogens (primary N) is 1. The quantitative estimate of drug-likeness (QED) is 0.906. The third-order valence-electron chi connectivity index (χ3n) is 1.81. The van der Waals surface area contributed by atoms with Crippen LogP contribution in [0.2, 0.25) is 0 Å². The van der Waals surface area contributed by atoms with E-state index in [1.807, 2.05) is 0 Å². The van der Waals surface area contributed by atoms with Gasteiger partial charge in [-0.1, -0.05) is 12.1 Å². The van der Waals surface area contributed by atoms with Gasteiger partial charge in [0, 0.05) is 12.5 Å². The van der Waals surface area contributed by atoms with Gasteiger partial charge in [-0.15, -0.1) is 12.4 Å². The molecule has 0 radical (unpaired) electrons. The van der Waals surface area contributed by atoms with Gasteiger partial charge in [-0.05, 0) is 27.6 Å². The molecule has 86 valence electrons. The average molecular weight is 305 g/mol. The van der Waals surface area contributed by atoms with E-state index in [-0.39, 0.29) is 16.9 Å². The summed E-state index contributed by atoms with van der Waals surface area (Å²) in [6.45, 7) is 0. The van der Waals surface area contributed by atoms with E-state index in [4.69, 9.17) is 5.73 Å². The molecule has 0 heterocycles. The highest BCUT2D eigenvalue weighted by molar-refractivity contribution is 9.10. The zero-order valence-corrected chi connectivity index (χ0v) is 9.99. The van der Waals surface area contributed by atoms with Crippen LogP contribution < -0.4 is 5.73 Å². The summed E-state index contributed by atoms with van der Waals surface area (Å²) in [6.07, 6.45) is -2.96. The van der Waals surface area contributed by atoms with Crippen LogP contribution in [0, 0.1) is 5.82 Å². The highest BCUT2D eigenvalue weighted by Crippen LogP contribution is 2.27. The number of rotatable bonds is 3. The van der Waals surface area contributed by atoms with E-state index in [9.17, 15) is 13.2 Å². The average Bonchev–Trinajstić information content (AvgIpc) is 2.08.